The molecule has 1 aromatic carbocycles. The molecule has 0 saturated carbocycles. The van der Waals surface area contributed by atoms with Crippen molar-refractivity contribution in [3.8, 4) is 11.5 Å². The highest BCUT2D eigenvalue weighted by atomic mass is 16.4. The molecule has 0 bridgehead atoms. The topological polar surface area (TPSA) is 52.0 Å². The second-order valence-corrected chi connectivity index (χ2v) is 5.35. The normalized spacial score (nSPS) is 11.8. The van der Waals surface area contributed by atoms with Crippen LogP contribution in [0.5, 0.6) is 0 Å². The van der Waals surface area contributed by atoms with Gasteiger partial charge in [-0.1, -0.05) is 20.8 Å². The van der Waals surface area contributed by atoms with Crippen molar-refractivity contribution in [3.05, 3.63) is 35.7 Å². The lowest BCUT2D eigenvalue weighted by atomic mass is 9.94. The minimum absolute atomic E-state index is 0.0209. The van der Waals surface area contributed by atoms with Crippen LogP contribution in [0.4, 0.5) is 5.69 Å². The Bertz CT molecular complexity index is 535. The summed E-state index contributed by atoms with van der Waals surface area (Å²) in [7, 11) is 0. The van der Waals surface area contributed by atoms with Gasteiger partial charge in [-0.3, -0.25) is 0 Å². The van der Waals surface area contributed by atoms with E-state index < -0.39 is 0 Å². The van der Waals surface area contributed by atoms with Gasteiger partial charge in [-0.2, -0.15) is 0 Å². The van der Waals surface area contributed by atoms with Gasteiger partial charge in [-0.25, -0.2) is 4.98 Å². The molecular formula is C14H18N2O. The van der Waals surface area contributed by atoms with Crippen LogP contribution in [-0.2, 0) is 5.41 Å². The Labute approximate surface area is 102 Å². The van der Waals surface area contributed by atoms with Gasteiger partial charge in [0.25, 0.3) is 0 Å². The molecule has 1 heterocycles. The number of aryl methyl sites for hydroxylation is 1. The third-order valence-corrected chi connectivity index (χ3v) is 2.73. The van der Waals surface area contributed by atoms with Crippen molar-refractivity contribution in [2.45, 2.75) is 33.1 Å². The highest BCUT2D eigenvalue weighted by molar-refractivity contribution is 5.62. The summed E-state index contributed by atoms with van der Waals surface area (Å²) >= 11 is 0. The molecule has 2 N–H and O–H groups in total. The minimum atomic E-state index is -0.0209. The molecule has 0 radical (unpaired) electrons. The molecule has 0 saturated heterocycles. The van der Waals surface area contributed by atoms with E-state index >= 15 is 0 Å². The average molecular weight is 230 g/mol. The van der Waals surface area contributed by atoms with Crippen molar-refractivity contribution in [1.29, 1.82) is 0 Å². The molecule has 0 amide bonds. The van der Waals surface area contributed by atoms with Crippen LogP contribution in [0.15, 0.2) is 28.8 Å². The Morgan fingerprint density at radius 2 is 1.94 bits per heavy atom. The predicted octanol–water partition coefficient (Wildman–Crippen LogP) is 3.53. The summed E-state index contributed by atoms with van der Waals surface area (Å²) in [5.74, 6) is 1.55. The number of rotatable bonds is 1. The largest absolute Gasteiger partial charge is 0.441 e. The molecule has 0 aliphatic heterocycles. The zero-order valence-corrected chi connectivity index (χ0v) is 10.7. The van der Waals surface area contributed by atoms with E-state index in [2.05, 4.69) is 25.8 Å². The maximum atomic E-state index is 5.80. The van der Waals surface area contributed by atoms with Crippen LogP contribution < -0.4 is 5.73 Å². The molecule has 1 aromatic heterocycles. The van der Waals surface area contributed by atoms with Crippen LogP contribution in [-0.4, -0.2) is 4.98 Å². The Morgan fingerprint density at radius 3 is 2.47 bits per heavy atom. The highest BCUT2D eigenvalue weighted by Gasteiger charge is 2.20. The van der Waals surface area contributed by atoms with E-state index in [1.54, 1.807) is 6.20 Å². The van der Waals surface area contributed by atoms with Crippen LogP contribution in [0.25, 0.3) is 11.5 Å². The van der Waals surface area contributed by atoms with Gasteiger partial charge in [-0.05, 0) is 30.7 Å². The Morgan fingerprint density at radius 1 is 1.24 bits per heavy atom. The van der Waals surface area contributed by atoms with Crippen LogP contribution in [0.2, 0.25) is 0 Å². The molecule has 0 aliphatic rings. The SMILES string of the molecule is Cc1cc(N)ccc1-c1ncc(C(C)(C)C)o1. The first-order chi connectivity index (χ1) is 7.88. The molecule has 3 nitrogen and oxygen atoms in total. The monoisotopic (exact) mass is 230 g/mol. The zero-order chi connectivity index (χ0) is 12.6. The molecule has 0 unspecified atom stereocenters. The van der Waals surface area contributed by atoms with Crippen LogP contribution in [0.1, 0.15) is 32.1 Å². The van der Waals surface area contributed by atoms with Crippen molar-refractivity contribution in [2.24, 2.45) is 0 Å². The minimum Gasteiger partial charge on any atom is -0.441 e. The van der Waals surface area contributed by atoms with E-state index in [4.69, 9.17) is 10.2 Å². The Hall–Kier alpha value is -1.77. The lowest BCUT2D eigenvalue weighted by molar-refractivity contribution is 0.415. The molecule has 3 heteroatoms. The Balaban J connectivity index is 2.44. The van der Waals surface area contributed by atoms with Gasteiger partial charge in [0.2, 0.25) is 5.89 Å². The van der Waals surface area contributed by atoms with E-state index in [9.17, 15) is 0 Å². The van der Waals surface area contributed by atoms with E-state index in [1.165, 1.54) is 0 Å². The number of anilines is 1. The maximum absolute atomic E-state index is 5.80. The van der Waals surface area contributed by atoms with Gasteiger partial charge in [-0.15, -0.1) is 0 Å². The molecule has 0 atom stereocenters. The second-order valence-electron chi connectivity index (χ2n) is 5.35. The van der Waals surface area contributed by atoms with Gasteiger partial charge in [0, 0.05) is 16.7 Å². The van der Waals surface area contributed by atoms with Gasteiger partial charge >= 0.3 is 0 Å². The van der Waals surface area contributed by atoms with Crippen LogP contribution in [0, 0.1) is 6.92 Å². The van der Waals surface area contributed by atoms with Gasteiger partial charge in [0.15, 0.2) is 0 Å². The van der Waals surface area contributed by atoms with Crippen molar-refractivity contribution >= 4 is 5.69 Å². The number of benzene rings is 1. The highest BCUT2D eigenvalue weighted by Crippen LogP contribution is 2.29. The van der Waals surface area contributed by atoms with E-state index in [1.807, 2.05) is 25.1 Å². The van der Waals surface area contributed by atoms with Gasteiger partial charge < -0.3 is 10.2 Å². The first kappa shape index (κ1) is 11.7. The molecule has 0 fully saturated rings. The van der Waals surface area contributed by atoms with Crippen LogP contribution >= 0.6 is 0 Å². The third kappa shape index (κ3) is 2.33. The maximum Gasteiger partial charge on any atom is 0.226 e. The number of nitrogens with two attached hydrogens (primary N) is 1. The summed E-state index contributed by atoms with van der Waals surface area (Å²) < 4.78 is 5.80. The summed E-state index contributed by atoms with van der Waals surface area (Å²) in [6.07, 6.45) is 1.80. The number of hydrogen-bond donors (Lipinski definition) is 1. The van der Waals surface area contributed by atoms with E-state index in [0.29, 0.717) is 5.89 Å². The fraction of sp³-hybridized carbons (Fsp3) is 0.357. The number of aromatic nitrogens is 1. The summed E-state index contributed by atoms with van der Waals surface area (Å²) in [4.78, 5) is 4.34. The van der Waals surface area contributed by atoms with Crippen molar-refractivity contribution in [2.75, 3.05) is 5.73 Å². The summed E-state index contributed by atoms with van der Waals surface area (Å²) in [5.41, 5.74) is 8.54. The number of oxazole rings is 1. The molecule has 2 aromatic rings. The summed E-state index contributed by atoms with van der Waals surface area (Å²) in [6.45, 7) is 8.32. The Kier molecular flexibility index (Phi) is 2.69. The number of nitrogen functional groups attached to an aromatic ring is 1. The molecule has 0 spiro atoms. The molecule has 17 heavy (non-hydrogen) atoms. The fourth-order valence-electron chi connectivity index (χ4n) is 1.67. The first-order valence-corrected chi connectivity index (χ1v) is 5.71. The van der Waals surface area contributed by atoms with E-state index in [-0.39, 0.29) is 5.41 Å². The number of hydrogen-bond acceptors (Lipinski definition) is 3. The zero-order valence-electron chi connectivity index (χ0n) is 10.7. The molecule has 90 valence electrons. The molecular weight excluding hydrogens is 212 g/mol. The van der Waals surface area contributed by atoms with Crippen molar-refractivity contribution < 1.29 is 4.42 Å². The lowest BCUT2D eigenvalue weighted by Crippen LogP contribution is -2.09. The second kappa shape index (κ2) is 3.91. The quantitative estimate of drug-likeness (QED) is 0.762. The van der Waals surface area contributed by atoms with Gasteiger partial charge in [0.1, 0.15) is 5.76 Å². The number of nitrogens with zero attached hydrogens (tertiary/aromatic N) is 1. The van der Waals surface area contributed by atoms with Crippen molar-refractivity contribution in [1.82, 2.24) is 4.98 Å². The summed E-state index contributed by atoms with van der Waals surface area (Å²) in [5, 5.41) is 0. The van der Waals surface area contributed by atoms with E-state index in [0.717, 1.165) is 22.6 Å². The third-order valence-electron chi connectivity index (χ3n) is 2.73. The smallest absolute Gasteiger partial charge is 0.226 e. The van der Waals surface area contributed by atoms with Crippen molar-refractivity contribution in [3.63, 3.8) is 0 Å². The fourth-order valence-corrected chi connectivity index (χ4v) is 1.67. The molecule has 2 rings (SSSR count). The first-order valence-electron chi connectivity index (χ1n) is 5.71. The lowest BCUT2D eigenvalue weighted by Gasteiger charge is -2.13. The van der Waals surface area contributed by atoms with Gasteiger partial charge in [0.05, 0.1) is 6.20 Å². The standard InChI is InChI=1S/C14H18N2O/c1-9-7-10(15)5-6-11(9)13-16-8-12(17-13)14(2,3)4/h5-8H,15H2,1-4H3. The predicted molar refractivity (Wildman–Crippen MR) is 69.8 cm³/mol. The molecule has 0 aliphatic carbocycles. The average Bonchev–Trinajstić information content (AvgIpc) is 2.65. The summed E-state index contributed by atoms with van der Waals surface area (Å²) in [6, 6.07) is 5.74. The van der Waals surface area contributed by atoms with Crippen LogP contribution in [0.3, 0.4) is 0 Å².